The topological polar surface area (TPSA) is 60.7 Å². The molecule has 0 unspecified atom stereocenters. The van der Waals surface area contributed by atoms with Crippen LogP contribution < -0.4 is 0 Å². The van der Waals surface area contributed by atoms with Crippen molar-refractivity contribution in [2.24, 2.45) is 0 Å². The number of hydrogen-bond donors (Lipinski definition) is 3. The lowest BCUT2D eigenvalue weighted by Gasteiger charge is -1.96. The predicted molar refractivity (Wildman–Crippen MR) is 38.6 cm³/mol. The lowest BCUT2D eigenvalue weighted by Crippen LogP contribution is -2.07. The van der Waals surface area contributed by atoms with Crippen LogP contribution in [0.15, 0.2) is 6.07 Å². The van der Waals surface area contributed by atoms with Crippen LogP contribution in [-0.4, -0.2) is 22.4 Å². The highest BCUT2D eigenvalue weighted by Gasteiger charge is 2.18. The van der Waals surface area contributed by atoms with Gasteiger partial charge in [-0.1, -0.05) is 0 Å². The van der Waals surface area contributed by atoms with E-state index in [1.165, 1.54) is 0 Å². The van der Waals surface area contributed by atoms with E-state index in [0.29, 0.717) is 0 Å². The Hall–Kier alpha value is -1.19. The fourth-order valence-electron chi connectivity index (χ4n) is 0.544. The Morgan fingerprint density at radius 3 is 1.27 bits per heavy atom. The van der Waals surface area contributed by atoms with Crippen LogP contribution >= 0.6 is 0 Å². The molecule has 0 saturated carbocycles. The lowest BCUT2D eigenvalue weighted by atomic mass is 10.3. The Morgan fingerprint density at radius 2 is 1.00 bits per heavy atom. The van der Waals surface area contributed by atoms with E-state index in [9.17, 15) is 22.0 Å². The van der Waals surface area contributed by atoms with Gasteiger partial charge >= 0.3 is 7.32 Å². The van der Waals surface area contributed by atoms with Gasteiger partial charge in [-0.25, -0.2) is 22.0 Å². The first-order chi connectivity index (χ1) is 6.77. The van der Waals surface area contributed by atoms with Gasteiger partial charge in [-0.2, -0.15) is 0 Å². The van der Waals surface area contributed by atoms with E-state index in [-0.39, 0.29) is 6.07 Å². The Balaban J connectivity index is 0.000000423. The summed E-state index contributed by atoms with van der Waals surface area (Å²) in [5.74, 6) is -9.65. The smallest absolute Gasteiger partial charge is 0.402 e. The van der Waals surface area contributed by atoms with Gasteiger partial charge in [0.25, 0.3) is 0 Å². The van der Waals surface area contributed by atoms with E-state index in [4.69, 9.17) is 15.1 Å². The summed E-state index contributed by atoms with van der Waals surface area (Å²) in [6.07, 6.45) is 0. The van der Waals surface area contributed by atoms with Crippen LogP contribution in [-0.2, 0) is 0 Å². The van der Waals surface area contributed by atoms with Crippen molar-refractivity contribution in [3.05, 3.63) is 35.2 Å². The lowest BCUT2D eigenvalue weighted by molar-refractivity contribution is 0.278. The predicted octanol–water partition coefficient (Wildman–Crippen LogP) is 0.330. The minimum absolute atomic E-state index is 0.0618. The molecule has 0 aliphatic carbocycles. The zero-order chi connectivity index (χ0) is 12.2. The highest BCUT2D eigenvalue weighted by molar-refractivity contribution is 6.30. The monoisotopic (exact) mass is 230 g/mol. The molecule has 0 atom stereocenters. The third-order valence-corrected chi connectivity index (χ3v) is 1.06. The van der Waals surface area contributed by atoms with Crippen molar-refractivity contribution in [1.29, 1.82) is 0 Å². The molecule has 0 aliphatic rings. The average molecular weight is 230 g/mol. The minimum atomic E-state index is -2.17. The quantitative estimate of drug-likeness (QED) is 0.260. The van der Waals surface area contributed by atoms with Crippen molar-refractivity contribution in [2.45, 2.75) is 0 Å². The fraction of sp³-hybridized carbons (Fsp3) is 0. The SMILES string of the molecule is Fc1cc(F)c(F)c(F)c1F.OB(O)O. The maximum atomic E-state index is 12.0. The third kappa shape index (κ3) is 4.23. The summed E-state index contributed by atoms with van der Waals surface area (Å²) in [7, 11) is -2.17. The van der Waals surface area contributed by atoms with Gasteiger partial charge in [0, 0.05) is 6.07 Å². The van der Waals surface area contributed by atoms with E-state index in [2.05, 4.69) is 0 Å². The summed E-state index contributed by atoms with van der Waals surface area (Å²) in [6, 6.07) is -0.0618. The van der Waals surface area contributed by atoms with Gasteiger partial charge in [0.05, 0.1) is 0 Å². The van der Waals surface area contributed by atoms with E-state index in [0.717, 1.165) is 0 Å². The molecule has 0 spiro atoms. The van der Waals surface area contributed by atoms with E-state index >= 15 is 0 Å². The molecule has 3 nitrogen and oxygen atoms in total. The summed E-state index contributed by atoms with van der Waals surface area (Å²) in [4.78, 5) is 0. The molecule has 15 heavy (non-hydrogen) atoms. The number of hydrogen-bond acceptors (Lipinski definition) is 3. The first kappa shape index (κ1) is 13.8. The van der Waals surface area contributed by atoms with Crippen LogP contribution in [0.3, 0.4) is 0 Å². The molecule has 0 radical (unpaired) electrons. The maximum absolute atomic E-state index is 12.0. The van der Waals surface area contributed by atoms with E-state index in [1.54, 1.807) is 0 Å². The van der Waals surface area contributed by atoms with Gasteiger partial charge in [-0.05, 0) is 0 Å². The zero-order valence-electron chi connectivity index (χ0n) is 6.89. The van der Waals surface area contributed by atoms with Gasteiger partial charge in [0.1, 0.15) is 0 Å². The molecule has 0 aliphatic heterocycles. The highest BCUT2D eigenvalue weighted by atomic mass is 19.2. The average Bonchev–Trinajstić information content (AvgIpc) is 2.11. The van der Waals surface area contributed by atoms with Crippen molar-refractivity contribution in [3.8, 4) is 0 Å². The van der Waals surface area contributed by atoms with Gasteiger partial charge in [-0.15, -0.1) is 0 Å². The normalized spacial score (nSPS) is 9.33. The molecule has 1 rings (SSSR count). The van der Waals surface area contributed by atoms with Crippen LogP contribution in [0.1, 0.15) is 0 Å². The third-order valence-electron chi connectivity index (χ3n) is 1.06. The van der Waals surface area contributed by atoms with Crippen LogP contribution in [0.2, 0.25) is 0 Å². The highest BCUT2D eigenvalue weighted by Crippen LogP contribution is 2.16. The van der Waals surface area contributed by atoms with Crippen LogP contribution in [0.25, 0.3) is 0 Å². The van der Waals surface area contributed by atoms with Crippen molar-refractivity contribution in [3.63, 3.8) is 0 Å². The van der Waals surface area contributed by atoms with Crippen LogP contribution in [0, 0.1) is 29.1 Å². The second-order valence-electron chi connectivity index (χ2n) is 2.13. The molecule has 84 valence electrons. The van der Waals surface area contributed by atoms with Crippen molar-refractivity contribution in [1.82, 2.24) is 0 Å². The minimum Gasteiger partial charge on any atom is -0.402 e. The van der Waals surface area contributed by atoms with Gasteiger partial charge < -0.3 is 15.1 Å². The van der Waals surface area contributed by atoms with Gasteiger partial charge in [-0.3, -0.25) is 0 Å². The van der Waals surface area contributed by atoms with Crippen molar-refractivity contribution < 1.29 is 37.0 Å². The Morgan fingerprint density at radius 1 is 0.733 bits per heavy atom. The molecular weight excluding hydrogens is 226 g/mol. The van der Waals surface area contributed by atoms with Crippen LogP contribution in [0.5, 0.6) is 0 Å². The van der Waals surface area contributed by atoms with Gasteiger partial charge in [0.2, 0.25) is 5.82 Å². The molecular formula is C6H4BF5O3. The van der Waals surface area contributed by atoms with Crippen molar-refractivity contribution in [2.75, 3.05) is 0 Å². The molecule has 0 saturated heterocycles. The fourth-order valence-corrected chi connectivity index (χ4v) is 0.544. The molecule has 0 aromatic heterocycles. The Bertz CT molecular complexity index is 317. The first-order valence-electron chi connectivity index (χ1n) is 3.30. The number of benzene rings is 1. The summed E-state index contributed by atoms with van der Waals surface area (Å²) >= 11 is 0. The molecule has 0 amide bonds. The van der Waals surface area contributed by atoms with E-state index in [1.807, 2.05) is 0 Å². The van der Waals surface area contributed by atoms with Crippen LogP contribution in [0.4, 0.5) is 22.0 Å². The maximum Gasteiger partial charge on any atom is 0.631 e. The number of rotatable bonds is 0. The van der Waals surface area contributed by atoms with Gasteiger partial charge in [0.15, 0.2) is 23.3 Å². The van der Waals surface area contributed by atoms with Crippen molar-refractivity contribution >= 4 is 7.32 Å². The molecule has 0 bridgehead atoms. The summed E-state index contributed by atoms with van der Waals surface area (Å²) in [5, 5.41) is 21.5. The molecule has 0 heterocycles. The Kier molecular flexibility index (Phi) is 5.19. The largest absolute Gasteiger partial charge is 0.631 e. The summed E-state index contributed by atoms with van der Waals surface area (Å²) in [6.45, 7) is 0. The Labute approximate surface area is 80.6 Å². The second-order valence-corrected chi connectivity index (χ2v) is 2.13. The molecule has 3 N–H and O–H groups in total. The second kappa shape index (κ2) is 5.64. The molecule has 0 fully saturated rings. The summed E-state index contributed by atoms with van der Waals surface area (Å²) in [5.41, 5.74) is 0. The van der Waals surface area contributed by atoms with E-state index < -0.39 is 36.4 Å². The summed E-state index contributed by atoms with van der Waals surface area (Å²) < 4.78 is 60.0. The molecule has 9 heteroatoms. The zero-order valence-corrected chi connectivity index (χ0v) is 6.89. The number of halogens is 5. The first-order valence-corrected chi connectivity index (χ1v) is 3.30. The standard InChI is InChI=1S/C6HF5.BH3O3/c7-2-1-3(8)5(10)6(11)4(2)9;2-1(3)4/h1H;2-4H. The molecule has 1 aromatic carbocycles. The molecule has 1 aromatic rings.